The number of aromatic nitrogens is 3. The standard InChI is InChI=1S/C14H16ClN3S/c15-14-17-16-13(12-4-2-1-3-5-12)18(14)10-11-6-8-19-9-7-11/h1-5,11H,6-10H2. The van der Waals surface area contributed by atoms with Crippen LogP contribution in [-0.2, 0) is 6.54 Å². The molecule has 0 spiro atoms. The lowest BCUT2D eigenvalue weighted by Gasteiger charge is -2.22. The summed E-state index contributed by atoms with van der Waals surface area (Å²) in [5.74, 6) is 4.08. The van der Waals surface area contributed by atoms with E-state index in [1.165, 1.54) is 24.3 Å². The molecule has 0 saturated carbocycles. The third-order valence-electron chi connectivity index (χ3n) is 3.52. The van der Waals surface area contributed by atoms with Gasteiger partial charge in [0.1, 0.15) is 0 Å². The fourth-order valence-corrected chi connectivity index (χ4v) is 3.82. The van der Waals surface area contributed by atoms with Crippen LogP contribution in [0.15, 0.2) is 30.3 Å². The van der Waals surface area contributed by atoms with Gasteiger partial charge in [0.2, 0.25) is 5.28 Å². The van der Waals surface area contributed by atoms with Crippen LogP contribution in [0.3, 0.4) is 0 Å². The highest BCUT2D eigenvalue weighted by Crippen LogP contribution is 2.27. The normalized spacial score (nSPS) is 16.7. The van der Waals surface area contributed by atoms with Crippen molar-refractivity contribution in [1.29, 1.82) is 0 Å². The molecule has 3 nitrogen and oxygen atoms in total. The van der Waals surface area contributed by atoms with Gasteiger partial charge in [0, 0.05) is 12.1 Å². The Morgan fingerprint density at radius 2 is 1.89 bits per heavy atom. The van der Waals surface area contributed by atoms with Crippen molar-refractivity contribution in [2.75, 3.05) is 11.5 Å². The maximum atomic E-state index is 6.20. The van der Waals surface area contributed by atoms with E-state index in [0.29, 0.717) is 11.2 Å². The van der Waals surface area contributed by atoms with Crippen LogP contribution in [0.1, 0.15) is 12.8 Å². The summed E-state index contributed by atoms with van der Waals surface area (Å²) in [6, 6.07) is 10.1. The number of thioether (sulfide) groups is 1. The van der Waals surface area contributed by atoms with Crippen LogP contribution in [0.5, 0.6) is 0 Å². The van der Waals surface area contributed by atoms with Gasteiger partial charge in [0.15, 0.2) is 5.82 Å². The first-order valence-corrected chi connectivity index (χ1v) is 8.10. The van der Waals surface area contributed by atoms with Crippen LogP contribution in [-0.4, -0.2) is 26.3 Å². The SMILES string of the molecule is Clc1nnc(-c2ccccc2)n1CC1CCSCC1. The second-order valence-electron chi connectivity index (χ2n) is 4.83. The molecule has 5 heteroatoms. The van der Waals surface area contributed by atoms with Crippen molar-refractivity contribution in [3.05, 3.63) is 35.6 Å². The number of halogens is 1. The number of hydrogen-bond acceptors (Lipinski definition) is 3. The minimum absolute atomic E-state index is 0.497. The summed E-state index contributed by atoms with van der Waals surface area (Å²) >= 11 is 8.24. The van der Waals surface area contributed by atoms with Crippen molar-refractivity contribution in [3.8, 4) is 11.4 Å². The highest BCUT2D eigenvalue weighted by atomic mass is 35.5. The van der Waals surface area contributed by atoms with Crippen molar-refractivity contribution in [1.82, 2.24) is 14.8 Å². The molecular formula is C14H16ClN3S. The lowest BCUT2D eigenvalue weighted by atomic mass is 10.0. The molecule has 0 amide bonds. The quantitative estimate of drug-likeness (QED) is 0.864. The second-order valence-corrected chi connectivity index (χ2v) is 6.39. The van der Waals surface area contributed by atoms with Gasteiger partial charge in [-0.05, 0) is 41.9 Å². The molecule has 2 heterocycles. The van der Waals surface area contributed by atoms with Crippen molar-refractivity contribution in [2.24, 2.45) is 5.92 Å². The first-order chi connectivity index (χ1) is 9.34. The monoisotopic (exact) mass is 293 g/mol. The van der Waals surface area contributed by atoms with E-state index in [2.05, 4.69) is 14.8 Å². The molecule has 1 aliphatic rings. The average molecular weight is 294 g/mol. The molecule has 1 aromatic heterocycles. The molecule has 1 saturated heterocycles. The smallest absolute Gasteiger partial charge is 0.225 e. The molecule has 2 aromatic rings. The molecule has 0 N–H and O–H groups in total. The fraction of sp³-hybridized carbons (Fsp3) is 0.429. The topological polar surface area (TPSA) is 30.7 Å². The lowest BCUT2D eigenvalue weighted by Crippen LogP contribution is -2.17. The van der Waals surface area contributed by atoms with E-state index >= 15 is 0 Å². The summed E-state index contributed by atoms with van der Waals surface area (Å²) in [7, 11) is 0. The first kappa shape index (κ1) is 13.0. The predicted molar refractivity (Wildman–Crippen MR) is 80.5 cm³/mol. The zero-order valence-corrected chi connectivity index (χ0v) is 12.2. The van der Waals surface area contributed by atoms with Gasteiger partial charge in [-0.3, -0.25) is 4.57 Å². The van der Waals surface area contributed by atoms with Crippen LogP contribution < -0.4 is 0 Å². The Hall–Kier alpha value is -1.000. The van der Waals surface area contributed by atoms with Crippen LogP contribution in [0.4, 0.5) is 0 Å². The Labute approximate surface area is 122 Å². The molecule has 0 radical (unpaired) electrons. The van der Waals surface area contributed by atoms with E-state index in [9.17, 15) is 0 Å². The van der Waals surface area contributed by atoms with Crippen molar-refractivity contribution in [2.45, 2.75) is 19.4 Å². The third kappa shape index (κ3) is 2.95. The molecule has 19 heavy (non-hydrogen) atoms. The maximum absolute atomic E-state index is 6.20. The zero-order valence-electron chi connectivity index (χ0n) is 10.6. The molecular weight excluding hydrogens is 278 g/mol. The molecule has 1 fully saturated rings. The lowest BCUT2D eigenvalue weighted by molar-refractivity contribution is 0.418. The largest absolute Gasteiger partial charge is 0.298 e. The van der Waals surface area contributed by atoms with Crippen molar-refractivity contribution in [3.63, 3.8) is 0 Å². The number of hydrogen-bond donors (Lipinski definition) is 0. The summed E-state index contributed by atoms with van der Waals surface area (Å²) in [5.41, 5.74) is 1.08. The van der Waals surface area contributed by atoms with Gasteiger partial charge in [0.25, 0.3) is 0 Å². The maximum Gasteiger partial charge on any atom is 0.225 e. The van der Waals surface area contributed by atoms with Gasteiger partial charge in [-0.2, -0.15) is 11.8 Å². The van der Waals surface area contributed by atoms with Crippen molar-refractivity contribution < 1.29 is 0 Å². The van der Waals surface area contributed by atoms with E-state index in [0.717, 1.165) is 17.9 Å². The van der Waals surface area contributed by atoms with E-state index in [1.807, 2.05) is 42.1 Å². The zero-order chi connectivity index (χ0) is 13.1. The minimum Gasteiger partial charge on any atom is -0.298 e. The minimum atomic E-state index is 0.497. The summed E-state index contributed by atoms with van der Waals surface area (Å²) in [6.07, 6.45) is 2.51. The summed E-state index contributed by atoms with van der Waals surface area (Å²) < 4.78 is 2.05. The molecule has 1 aromatic carbocycles. The Bertz CT molecular complexity index is 535. The Morgan fingerprint density at radius 1 is 1.16 bits per heavy atom. The second kappa shape index (κ2) is 5.97. The molecule has 0 aliphatic carbocycles. The summed E-state index contributed by atoms with van der Waals surface area (Å²) in [4.78, 5) is 0. The van der Waals surface area contributed by atoms with Gasteiger partial charge in [0.05, 0.1) is 0 Å². The fourth-order valence-electron chi connectivity index (χ4n) is 2.43. The Morgan fingerprint density at radius 3 is 2.63 bits per heavy atom. The molecule has 0 bridgehead atoms. The van der Waals surface area contributed by atoms with E-state index in [4.69, 9.17) is 11.6 Å². The van der Waals surface area contributed by atoms with Crippen LogP contribution in [0, 0.1) is 5.92 Å². The highest BCUT2D eigenvalue weighted by molar-refractivity contribution is 7.99. The van der Waals surface area contributed by atoms with E-state index in [1.54, 1.807) is 0 Å². The van der Waals surface area contributed by atoms with Gasteiger partial charge in [-0.1, -0.05) is 30.3 Å². The van der Waals surface area contributed by atoms with Gasteiger partial charge in [-0.15, -0.1) is 10.2 Å². The average Bonchev–Trinajstić information content (AvgIpc) is 2.82. The Kier molecular flexibility index (Phi) is 4.09. The molecule has 0 unspecified atom stereocenters. The van der Waals surface area contributed by atoms with Crippen LogP contribution >= 0.6 is 23.4 Å². The van der Waals surface area contributed by atoms with Gasteiger partial charge in [-0.25, -0.2) is 0 Å². The van der Waals surface area contributed by atoms with Crippen LogP contribution in [0.2, 0.25) is 5.28 Å². The van der Waals surface area contributed by atoms with Crippen LogP contribution in [0.25, 0.3) is 11.4 Å². The van der Waals surface area contributed by atoms with Crippen molar-refractivity contribution >= 4 is 23.4 Å². The highest BCUT2D eigenvalue weighted by Gasteiger charge is 2.19. The number of nitrogens with zero attached hydrogens (tertiary/aromatic N) is 3. The predicted octanol–water partition coefficient (Wildman–Crippen LogP) is 3.74. The number of rotatable bonds is 3. The molecule has 0 atom stereocenters. The molecule has 1 aliphatic heterocycles. The molecule has 100 valence electrons. The Balaban J connectivity index is 1.86. The number of benzene rings is 1. The van der Waals surface area contributed by atoms with Gasteiger partial charge < -0.3 is 0 Å². The summed E-state index contributed by atoms with van der Waals surface area (Å²) in [5, 5.41) is 8.76. The third-order valence-corrected chi connectivity index (χ3v) is 4.85. The molecule has 3 rings (SSSR count). The summed E-state index contributed by atoms with van der Waals surface area (Å²) in [6.45, 7) is 0.927. The first-order valence-electron chi connectivity index (χ1n) is 6.56. The van der Waals surface area contributed by atoms with Gasteiger partial charge >= 0.3 is 0 Å². The van der Waals surface area contributed by atoms with E-state index < -0.39 is 0 Å². The van der Waals surface area contributed by atoms with E-state index in [-0.39, 0.29) is 0 Å².